The van der Waals surface area contributed by atoms with Gasteiger partial charge in [0, 0.05) is 6.42 Å². The molecule has 0 saturated heterocycles. The molecule has 0 amide bonds. The van der Waals surface area contributed by atoms with Crippen LogP contribution in [0.3, 0.4) is 0 Å². The van der Waals surface area contributed by atoms with Gasteiger partial charge in [0.1, 0.15) is 12.7 Å². The van der Waals surface area contributed by atoms with Gasteiger partial charge in [-0.1, -0.05) is 48.1 Å². The molecule has 192 valence electrons. The average molecular weight is 499 g/mol. The van der Waals surface area contributed by atoms with E-state index in [9.17, 15) is 9.90 Å². The second kappa shape index (κ2) is 10.1. The maximum atomic E-state index is 12.2. The molecule has 0 unspecified atom stereocenters. The van der Waals surface area contributed by atoms with Crippen molar-refractivity contribution in [2.75, 3.05) is 6.61 Å². The first-order valence-electron chi connectivity index (χ1n) is 12.1. The van der Waals surface area contributed by atoms with Gasteiger partial charge >= 0.3 is 5.97 Å². The Kier molecular flexibility index (Phi) is 9.27. The Bertz CT molecular complexity index is 748. The quantitative estimate of drug-likeness (QED) is 0.330. The van der Waals surface area contributed by atoms with Crippen molar-refractivity contribution in [1.82, 2.24) is 0 Å². The lowest BCUT2D eigenvalue weighted by Crippen LogP contribution is -2.56. The Morgan fingerprint density at radius 3 is 1.85 bits per heavy atom. The van der Waals surface area contributed by atoms with Gasteiger partial charge in [-0.15, -0.1) is 0 Å². The highest BCUT2D eigenvalue weighted by molar-refractivity contribution is 6.74. The smallest absolute Gasteiger partial charge is 0.311 e. The average Bonchev–Trinajstić information content (AvgIpc) is 2.59. The number of carbonyl (C=O) groups is 1. The number of esters is 1. The third kappa shape index (κ3) is 7.62. The predicted molar refractivity (Wildman–Crippen MR) is 142 cm³/mol. The molecule has 1 saturated carbocycles. The van der Waals surface area contributed by atoms with Crippen LogP contribution in [0.15, 0.2) is 23.8 Å². The summed E-state index contributed by atoms with van der Waals surface area (Å²) in [5, 5.41) is 11.4. The molecule has 0 aromatic rings. The molecular weight excluding hydrogens is 448 g/mol. The first-order chi connectivity index (χ1) is 14.5. The maximum Gasteiger partial charge on any atom is 0.311 e. The second-order valence-electron chi connectivity index (χ2n) is 13.5. The van der Waals surface area contributed by atoms with E-state index < -0.39 is 40.4 Å². The van der Waals surface area contributed by atoms with Crippen LogP contribution in [0.5, 0.6) is 0 Å². The van der Waals surface area contributed by atoms with Crippen molar-refractivity contribution in [2.45, 2.75) is 123 Å². The number of aliphatic hydroxyl groups is 1. The highest BCUT2D eigenvalue weighted by atomic mass is 28.4. The van der Waals surface area contributed by atoms with Crippen LogP contribution in [0.1, 0.15) is 68.7 Å². The number of ether oxygens (including phenoxy) is 1. The van der Waals surface area contributed by atoms with Gasteiger partial charge in [-0.05, 0) is 74.3 Å². The van der Waals surface area contributed by atoms with Crippen molar-refractivity contribution in [2.24, 2.45) is 5.41 Å². The second-order valence-corrected chi connectivity index (χ2v) is 23.0. The summed E-state index contributed by atoms with van der Waals surface area (Å²) >= 11 is 0. The first kappa shape index (κ1) is 30.3. The first-order valence-corrected chi connectivity index (χ1v) is 17.9. The van der Waals surface area contributed by atoms with Crippen LogP contribution in [0.4, 0.5) is 0 Å². The van der Waals surface area contributed by atoms with Crippen LogP contribution >= 0.6 is 0 Å². The summed E-state index contributed by atoms with van der Waals surface area (Å²) in [4.78, 5) is 12.2. The zero-order valence-corrected chi connectivity index (χ0v) is 25.5. The minimum absolute atomic E-state index is 0.00759. The van der Waals surface area contributed by atoms with Crippen molar-refractivity contribution in [3.05, 3.63) is 23.8 Å². The fraction of sp³-hybridized carbons (Fsp3) is 0.808. The molecule has 3 atom stereocenters. The van der Waals surface area contributed by atoms with Crippen molar-refractivity contribution >= 4 is 22.6 Å². The summed E-state index contributed by atoms with van der Waals surface area (Å²) in [5.74, 6) is -0.246. The summed E-state index contributed by atoms with van der Waals surface area (Å²) in [7, 11) is -4.31. The van der Waals surface area contributed by atoms with Gasteiger partial charge in [-0.25, -0.2) is 0 Å². The van der Waals surface area contributed by atoms with Crippen molar-refractivity contribution in [3.63, 3.8) is 0 Å². The molecule has 0 spiro atoms. The van der Waals surface area contributed by atoms with Gasteiger partial charge in [0.25, 0.3) is 0 Å². The van der Waals surface area contributed by atoms with E-state index in [2.05, 4.69) is 74.3 Å². The molecule has 0 bridgehead atoms. The van der Waals surface area contributed by atoms with Crippen LogP contribution < -0.4 is 0 Å². The summed E-state index contributed by atoms with van der Waals surface area (Å²) in [6.45, 7) is 31.9. The van der Waals surface area contributed by atoms with Gasteiger partial charge in [-0.3, -0.25) is 4.79 Å². The lowest BCUT2D eigenvalue weighted by molar-refractivity contribution is -0.151. The van der Waals surface area contributed by atoms with E-state index in [1.54, 1.807) is 0 Å². The highest BCUT2D eigenvalue weighted by Gasteiger charge is 2.48. The van der Waals surface area contributed by atoms with E-state index >= 15 is 0 Å². The lowest BCUT2D eigenvalue weighted by atomic mass is 9.84. The minimum Gasteiger partial charge on any atom is -0.461 e. The Labute approximate surface area is 205 Å². The number of carbonyl (C=O) groups excluding carboxylic acids is 1. The molecule has 0 radical (unpaired) electrons. The van der Waals surface area contributed by atoms with E-state index in [4.69, 9.17) is 13.6 Å². The lowest BCUT2D eigenvalue weighted by Gasteiger charge is -2.47. The Hall–Kier alpha value is -0.736. The number of rotatable bonds is 6. The molecule has 1 aliphatic rings. The molecule has 1 rings (SSSR count). The topological polar surface area (TPSA) is 65.0 Å². The van der Waals surface area contributed by atoms with Gasteiger partial charge < -0.3 is 18.7 Å². The van der Waals surface area contributed by atoms with Crippen LogP contribution in [-0.2, 0) is 18.4 Å². The summed E-state index contributed by atoms with van der Waals surface area (Å²) in [5.41, 5.74) is 1.14. The zero-order chi connectivity index (χ0) is 26.2. The predicted octanol–water partition coefficient (Wildman–Crippen LogP) is 6.60. The molecule has 33 heavy (non-hydrogen) atoms. The Morgan fingerprint density at radius 2 is 1.42 bits per heavy atom. The van der Waals surface area contributed by atoms with E-state index in [0.29, 0.717) is 6.42 Å². The largest absolute Gasteiger partial charge is 0.461 e. The van der Waals surface area contributed by atoms with Crippen molar-refractivity contribution < 1.29 is 23.5 Å². The number of aliphatic hydroxyl groups excluding tert-OH is 1. The normalized spacial score (nSPS) is 24.8. The van der Waals surface area contributed by atoms with Crippen LogP contribution in [0, 0.1) is 5.41 Å². The molecule has 0 aromatic carbocycles. The Morgan fingerprint density at radius 1 is 0.970 bits per heavy atom. The molecule has 0 aromatic heterocycles. The zero-order valence-electron chi connectivity index (χ0n) is 23.5. The highest BCUT2D eigenvalue weighted by Crippen LogP contribution is 2.44. The molecule has 5 nitrogen and oxygen atoms in total. The standard InChI is InChI=1S/C26H50O5Si2/c1-18-19(15-16-29-23(28)24(2,3)4)17-20(30-32(11,12)25(5,6)7)21(27)22(18)31-33(13,14)26(8,9)10/h15,20-22,27H,1,16-17H2,2-14H3/b19-15-/t20-,21-,22-/m1/s1. The molecule has 0 aliphatic heterocycles. The van der Waals surface area contributed by atoms with Gasteiger partial charge in [0.15, 0.2) is 16.6 Å². The molecule has 1 fully saturated rings. The van der Waals surface area contributed by atoms with E-state index in [-0.39, 0.29) is 22.7 Å². The number of hydrogen-bond acceptors (Lipinski definition) is 5. The van der Waals surface area contributed by atoms with E-state index in [0.717, 1.165) is 11.1 Å². The van der Waals surface area contributed by atoms with Gasteiger partial charge in [0.2, 0.25) is 0 Å². The fourth-order valence-electron chi connectivity index (χ4n) is 3.00. The fourth-order valence-corrected chi connectivity index (χ4v) is 5.61. The molecular formula is C26H50O5Si2. The summed E-state index contributed by atoms with van der Waals surface area (Å²) < 4.78 is 18.8. The van der Waals surface area contributed by atoms with Crippen LogP contribution in [0.2, 0.25) is 36.3 Å². The van der Waals surface area contributed by atoms with Crippen molar-refractivity contribution in [1.29, 1.82) is 0 Å². The summed E-state index contributed by atoms with van der Waals surface area (Å²) in [6, 6.07) is 0. The van der Waals surface area contributed by atoms with Crippen LogP contribution in [0.25, 0.3) is 0 Å². The van der Waals surface area contributed by atoms with Crippen LogP contribution in [-0.4, -0.2) is 52.6 Å². The van der Waals surface area contributed by atoms with Gasteiger partial charge in [-0.2, -0.15) is 0 Å². The maximum absolute atomic E-state index is 12.2. The molecule has 0 heterocycles. The SMILES string of the molecule is C=C1/C(=C\COC(=O)C(C)(C)C)C[C@@H](O[Si](C)(C)C(C)(C)C)[C@@H](O)[C@@H]1O[Si](C)(C)C(C)(C)C. The monoisotopic (exact) mass is 498 g/mol. The Balaban J connectivity index is 3.28. The minimum atomic E-state index is -2.18. The van der Waals surface area contributed by atoms with E-state index in [1.165, 1.54) is 0 Å². The van der Waals surface area contributed by atoms with Crippen molar-refractivity contribution in [3.8, 4) is 0 Å². The van der Waals surface area contributed by atoms with Gasteiger partial charge in [0.05, 0.1) is 17.6 Å². The third-order valence-corrected chi connectivity index (χ3v) is 16.5. The van der Waals surface area contributed by atoms with E-state index in [1.807, 2.05) is 26.8 Å². The third-order valence-electron chi connectivity index (χ3n) is 7.50. The molecule has 1 N–H and O–H groups in total. The molecule has 1 aliphatic carbocycles. The number of hydrogen-bond donors (Lipinski definition) is 1. The summed E-state index contributed by atoms with van der Waals surface area (Å²) in [6.07, 6.45) is 0.698. The molecule has 7 heteroatoms.